The van der Waals surface area contributed by atoms with E-state index in [1.807, 2.05) is 0 Å². The van der Waals surface area contributed by atoms with Crippen LogP contribution in [0.3, 0.4) is 0 Å². The Morgan fingerprint density at radius 2 is 1.64 bits per heavy atom. The van der Waals surface area contributed by atoms with E-state index in [2.05, 4.69) is 10.2 Å². The van der Waals surface area contributed by atoms with Crippen molar-refractivity contribution < 1.29 is 27.1 Å². The Hall–Kier alpha value is -3.16. The predicted octanol–water partition coefficient (Wildman–Crippen LogP) is 4.07. The van der Waals surface area contributed by atoms with E-state index in [0.29, 0.717) is 11.6 Å². The summed E-state index contributed by atoms with van der Waals surface area (Å²) >= 11 is 0. The maximum Gasteiger partial charge on any atom is 0.339 e. The normalized spacial score (nSPS) is 12.0. The van der Waals surface area contributed by atoms with Crippen LogP contribution in [0.25, 0.3) is 11.5 Å². The van der Waals surface area contributed by atoms with E-state index >= 15 is 0 Å². The van der Waals surface area contributed by atoms with Crippen molar-refractivity contribution in [2.24, 2.45) is 0 Å². The lowest BCUT2D eigenvalue weighted by Gasteiger charge is -2.09. The molecule has 3 aromatic rings. The highest BCUT2D eigenvalue weighted by Crippen LogP contribution is 2.23. The van der Waals surface area contributed by atoms with E-state index in [-0.39, 0.29) is 17.3 Å². The summed E-state index contributed by atoms with van der Waals surface area (Å²) < 4.78 is 49.7. The van der Waals surface area contributed by atoms with Crippen LogP contribution in [-0.2, 0) is 4.74 Å². The summed E-state index contributed by atoms with van der Waals surface area (Å²) in [5, 5.41) is 7.56. The number of hydrogen-bond acceptors (Lipinski definition) is 5. The standard InChI is InChI=1S/C17H11F3N2O3/c1-9(24-17(23)11-6-13(19)8-14(20)7-11)15-21-22-16(25-15)10-2-4-12(18)5-3-10/h2-9H,1H3/t9-/m1/s1. The third-order valence-corrected chi connectivity index (χ3v) is 3.26. The first kappa shape index (κ1) is 16.7. The van der Waals surface area contributed by atoms with Crippen LogP contribution in [0.4, 0.5) is 13.2 Å². The minimum Gasteiger partial charge on any atom is -0.449 e. The van der Waals surface area contributed by atoms with Crippen LogP contribution in [0, 0.1) is 17.5 Å². The molecule has 0 aliphatic carbocycles. The van der Waals surface area contributed by atoms with E-state index in [1.54, 1.807) is 0 Å². The molecule has 0 bridgehead atoms. The fraction of sp³-hybridized carbons (Fsp3) is 0.118. The van der Waals surface area contributed by atoms with Crippen molar-refractivity contribution in [1.82, 2.24) is 10.2 Å². The van der Waals surface area contributed by atoms with Gasteiger partial charge in [-0.2, -0.15) is 0 Å². The van der Waals surface area contributed by atoms with Crippen LogP contribution < -0.4 is 0 Å². The van der Waals surface area contributed by atoms with Crippen molar-refractivity contribution in [3.8, 4) is 11.5 Å². The number of carbonyl (C=O) groups excluding carboxylic acids is 1. The van der Waals surface area contributed by atoms with Crippen molar-refractivity contribution in [1.29, 1.82) is 0 Å². The van der Waals surface area contributed by atoms with Gasteiger partial charge in [0.15, 0.2) is 6.10 Å². The summed E-state index contributed by atoms with van der Waals surface area (Å²) in [6.45, 7) is 1.47. The molecule has 25 heavy (non-hydrogen) atoms. The Morgan fingerprint density at radius 1 is 1.00 bits per heavy atom. The number of hydrogen-bond donors (Lipinski definition) is 0. The summed E-state index contributed by atoms with van der Waals surface area (Å²) in [5.74, 6) is -3.02. The number of rotatable bonds is 4. The van der Waals surface area contributed by atoms with Gasteiger partial charge in [0.25, 0.3) is 5.89 Å². The van der Waals surface area contributed by atoms with Gasteiger partial charge in [0.1, 0.15) is 17.5 Å². The quantitative estimate of drug-likeness (QED) is 0.665. The first-order valence-electron chi connectivity index (χ1n) is 7.19. The highest BCUT2D eigenvalue weighted by molar-refractivity contribution is 5.89. The number of esters is 1. The minimum atomic E-state index is -0.944. The number of nitrogens with zero attached hydrogens (tertiary/aromatic N) is 2. The van der Waals surface area contributed by atoms with Gasteiger partial charge in [-0.15, -0.1) is 10.2 Å². The summed E-state index contributed by atoms with van der Waals surface area (Å²) in [6, 6.07) is 7.75. The van der Waals surface area contributed by atoms with Crippen molar-refractivity contribution >= 4 is 5.97 Å². The molecule has 1 atom stereocenters. The summed E-state index contributed by atoms with van der Waals surface area (Å²) in [7, 11) is 0. The highest BCUT2D eigenvalue weighted by Gasteiger charge is 2.20. The van der Waals surface area contributed by atoms with E-state index in [0.717, 1.165) is 12.1 Å². The second-order valence-corrected chi connectivity index (χ2v) is 5.16. The molecule has 1 aromatic heterocycles. The number of benzene rings is 2. The molecule has 3 rings (SSSR count). The predicted molar refractivity (Wildman–Crippen MR) is 79.9 cm³/mol. The molecule has 0 radical (unpaired) electrons. The zero-order chi connectivity index (χ0) is 18.0. The SMILES string of the molecule is C[C@@H](OC(=O)c1cc(F)cc(F)c1)c1nnc(-c2ccc(F)cc2)o1. The average molecular weight is 348 g/mol. The first-order valence-corrected chi connectivity index (χ1v) is 7.19. The molecule has 2 aromatic carbocycles. The zero-order valence-electron chi connectivity index (χ0n) is 12.9. The van der Waals surface area contributed by atoms with Crippen LogP contribution in [-0.4, -0.2) is 16.2 Å². The third kappa shape index (κ3) is 3.85. The second-order valence-electron chi connectivity index (χ2n) is 5.16. The lowest BCUT2D eigenvalue weighted by Crippen LogP contribution is -2.10. The molecule has 8 heteroatoms. The smallest absolute Gasteiger partial charge is 0.339 e. The summed E-state index contributed by atoms with van der Waals surface area (Å²) in [5.41, 5.74) is 0.216. The van der Waals surface area contributed by atoms with Gasteiger partial charge >= 0.3 is 5.97 Å². The lowest BCUT2D eigenvalue weighted by molar-refractivity contribution is 0.0278. The van der Waals surface area contributed by atoms with Gasteiger partial charge in [0, 0.05) is 11.6 Å². The van der Waals surface area contributed by atoms with Crippen LogP contribution in [0.5, 0.6) is 0 Å². The molecule has 0 spiro atoms. The van der Waals surface area contributed by atoms with Crippen molar-refractivity contribution in [2.75, 3.05) is 0 Å². The Balaban J connectivity index is 1.74. The van der Waals surface area contributed by atoms with Gasteiger partial charge < -0.3 is 9.15 Å². The molecule has 5 nitrogen and oxygen atoms in total. The average Bonchev–Trinajstić information content (AvgIpc) is 3.04. The van der Waals surface area contributed by atoms with Crippen molar-refractivity contribution in [3.05, 3.63) is 71.4 Å². The van der Waals surface area contributed by atoms with Gasteiger partial charge in [-0.05, 0) is 43.3 Å². The van der Waals surface area contributed by atoms with E-state index in [1.165, 1.54) is 31.2 Å². The van der Waals surface area contributed by atoms with Crippen molar-refractivity contribution in [3.63, 3.8) is 0 Å². The summed E-state index contributed by atoms with van der Waals surface area (Å²) in [6.07, 6.45) is -0.944. The molecule has 0 unspecified atom stereocenters. The van der Waals surface area contributed by atoms with Gasteiger partial charge in [-0.3, -0.25) is 0 Å². The lowest BCUT2D eigenvalue weighted by atomic mass is 10.2. The minimum absolute atomic E-state index is 0.00968. The largest absolute Gasteiger partial charge is 0.449 e. The molecular weight excluding hydrogens is 337 g/mol. The van der Waals surface area contributed by atoms with Gasteiger partial charge in [-0.25, -0.2) is 18.0 Å². The number of halogens is 3. The second kappa shape index (κ2) is 6.76. The molecule has 0 aliphatic rings. The molecule has 0 fully saturated rings. The number of carbonyl (C=O) groups is 1. The summed E-state index contributed by atoms with van der Waals surface area (Å²) in [4.78, 5) is 12.0. The Bertz CT molecular complexity index is 890. The van der Waals surface area contributed by atoms with Crippen molar-refractivity contribution in [2.45, 2.75) is 13.0 Å². The van der Waals surface area contributed by atoms with E-state index in [9.17, 15) is 18.0 Å². The molecular formula is C17H11F3N2O3. The fourth-order valence-electron chi connectivity index (χ4n) is 2.06. The Labute approximate surface area is 140 Å². The molecule has 0 N–H and O–H groups in total. The molecule has 128 valence electrons. The molecule has 1 heterocycles. The van der Waals surface area contributed by atoms with Gasteiger partial charge in [0.05, 0.1) is 5.56 Å². The number of aromatic nitrogens is 2. The maximum absolute atomic E-state index is 13.2. The molecule has 0 saturated heterocycles. The van der Waals surface area contributed by atoms with Crippen LogP contribution >= 0.6 is 0 Å². The van der Waals surface area contributed by atoms with E-state index < -0.39 is 29.5 Å². The van der Waals surface area contributed by atoms with Crippen LogP contribution in [0.2, 0.25) is 0 Å². The van der Waals surface area contributed by atoms with Gasteiger partial charge in [0.2, 0.25) is 5.89 Å². The fourth-order valence-corrected chi connectivity index (χ4v) is 2.06. The highest BCUT2D eigenvalue weighted by atomic mass is 19.1. The number of ether oxygens (including phenoxy) is 1. The van der Waals surface area contributed by atoms with Crippen LogP contribution in [0.1, 0.15) is 29.3 Å². The topological polar surface area (TPSA) is 65.2 Å². The molecule has 0 aliphatic heterocycles. The van der Waals surface area contributed by atoms with Gasteiger partial charge in [-0.1, -0.05) is 0 Å². The first-order chi connectivity index (χ1) is 11.9. The third-order valence-electron chi connectivity index (χ3n) is 3.26. The Kier molecular flexibility index (Phi) is 4.51. The zero-order valence-corrected chi connectivity index (χ0v) is 12.9. The van der Waals surface area contributed by atoms with Crippen LogP contribution in [0.15, 0.2) is 46.9 Å². The molecule has 0 saturated carbocycles. The Morgan fingerprint density at radius 3 is 2.28 bits per heavy atom. The monoisotopic (exact) mass is 348 g/mol. The van der Waals surface area contributed by atoms with E-state index in [4.69, 9.17) is 9.15 Å². The maximum atomic E-state index is 13.2. The molecule has 0 amide bonds.